The van der Waals surface area contributed by atoms with E-state index in [0.717, 1.165) is 16.8 Å². The van der Waals surface area contributed by atoms with Crippen molar-refractivity contribution in [3.05, 3.63) is 66.2 Å². The van der Waals surface area contributed by atoms with E-state index in [1.165, 1.54) is 0 Å². The number of aromatic nitrogens is 4. The van der Waals surface area contributed by atoms with Crippen LogP contribution in [0.4, 0.5) is 4.79 Å². The third-order valence-corrected chi connectivity index (χ3v) is 3.75. The van der Waals surface area contributed by atoms with E-state index in [0.29, 0.717) is 6.54 Å². The van der Waals surface area contributed by atoms with E-state index < -0.39 is 0 Å². The van der Waals surface area contributed by atoms with Crippen LogP contribution in [0.15, 0.2) is 55.1 Å². The van der Waals surface area contributed by atoms with E-state index in [9.17, 15) is 4.79 Å². The Balaban J connectivity index is 1.61. The molecule has 2 N–H and O–H groups in total. The molecule has 2 aromatic heterocycles. The quantitative estimate of drug-likeness (QED) is 0.755. The topological polar surface area (TPSA) is 76.8 Å². The molecule has 2 heterocycles. The van der Waals surface area contributed by atoms with E-state index in [2.05, 4.69) is 20.8 Å². The highest BCUT2D eigenvalue weighted by Gasteiger charge is 2.11. The van der Waals surface area contributed by atoms with Gasteiger partial charge in [0.25, 0.3) is 0 Å². The first-order valence-electron chi connectivity index (χ1n) is 7.74. The summed E-state index contributed by atoms with van der Waals surface area (Å²) >= 11 is 0. The number of para-hydroxylation sites is 1. The molecule has 1 atom stereocenters. The average molecular weight is 324 g/mol. The molecule has 0 saturated carbocycles. The number of urea groups is 1. The summed E-state index contributed by atoms with van der Waals surface area (Å²) in [6.45, 7) is 2.34. The highest BCUT2D eigenvalue weighted by molar-refractivity contribution is 5.74. The summed E-state index contributed by atoms with van der Waals surface area (Å²) in [5.41, 5.74) is 2.90. The predicted octanol–water partition coefficient (Wildman–Crippen LogP) is 2.17. The van der Waals surface area contributed by atoms with E-state index in [1.54, 1.807) is 21.8 Å². The Kier molecular flexibility index (Phi) is 4.60. The van der Waals surface area contributed by atoms with Crippen molar-refractivity contribution in [2.75, 3.05) is 0 Å². The lowest BCUT2D eigenvalue weighted by molar-refractivity contribution is 0.237. The molecule has 0 aliphatic carbocycles. The zero-order chi connectivity index (χ0) is 16.9. The second kappa shape index (κ2) is 6.99. The summed E-state index contributed by atoms with van der Waals surface area (Å²) in [6.07, 6.45) is 7.24. The fourth-order valence-electron chi connectivity index (χ4n) is 2.47. The zero-order valence-corrected chi connectivity index (χ0v) is 13.7. The second-order valence-electron chi connectivity index (χ2n) is 5.58. The molecule has 3 rings (SSSR count). The number of carbonyl (C=O) groups is 1. The van der Waals surface area contributed by atoms with Crippen molar-refractivity contribution >= 4 is 6.03 Å². The van der Waals surface area contributed by atoms with Crippen molar-refractivity contribution in [2.24, 2.45) is 7.05 Å². The van der Waals surface area contributed by atoms with Gasteiger partial charge in [-0.25, -0.2) is 9.48 Å². The van der Waals surface area contributed by atoms with E-state index in [4.69, 9.17) is 0 Å². The van der Waals surface area contributed by atoms with E-state index in [1.807, 2.05) is 56.7 Å². The summed E-state index contributed by atoms with van der Waals surface area (Å²) in [6, 6.07) is 9.38. The SMILES string of the molecule is CC(NC(=O)NCc1ccccc1-n1cccn1)c1cnn(C)c1. The molecule has 0 spiro atoms. The standard InChI is InChI=1S/C17H20N6O/c1-13(15-11-20-22(2)12-15)21-17(24)18-10-14-6-3-4-7-16(14)23-9-5-8-19-23/h3-9,11-13H,10H2,1-2H3,(H2,18,21,24). The maximum absolute atomic E-state index is 12.1. The van der Waals surface area contributed by atoms with Gasteiger partial charge in [-0.05, 0) is 24.6 Å². The molecule has 0 bridgehead atoms. The van der Waals surface area contributed by atoms with Gasteiger partial charge in [0.1, 0.15) is 0 Å². The van der Waals surface area contributed by atoms with Crippen LogP contribution in [-0.4, -0.2) is 25.6 Å². The maximum atomic E-state index is 12.1. The van der Waals surface area contributed by atoms with Gasteiger partial charge in [0, 0.05) is 37.7 Å². The van der Waals surface area contributed by atoms with Crippen molar-refractivity contribution in [3.63, 3.8) is 0 Å². The Morgan fingerprint density at radius 3 is 2.79 bits per heavy atom. The minimum Gasteiger partial charge on any atom is -0.334 e. The van der Waals surface area contributed by atoms with Crippen molar-refractivity contribution in [1.82, 2.24) is 30.2 Å². The molecule has 7 heteroatoms. The van der Waals surface area contributed by atoms with Crippen molar-refractivity contribution in [2.45, 2.75) is 19.5 Å². The first kappa shape index (κ1) is 15.8. The van der Waals surface area contributed by atoms with Crippen LogP contribution in [0.3, 0.4) is 0 Å². The van der Waals surface area contributed by atoms with Crippen LogP contribution in [0.2, 0.25) is 0 Å². The monoisotopic (exact) mass is 324 g/mol. The fraction of sp³-hybridized carbons (Fsp3) is 0.235. The molecule has 0 saturated heterocycles. The molecule has 24 heavy (non-hydrogen) atoms. The number of carbonyl (C=O) groups excluding carboxylic acids is 1. The molecule has 1 unspecified atom stereocenters. The number of nitrogens with one attached hydrogen (secondary N) is 2. The molecule has 1 aromatic carbocycles. The number of aryl methyl sites for hydroxylation is 1. The smallest absolute Gasteiger partial charge is 0.315 e. The van der Waals surface area contributed by atoms with Gasteiger partial charge >= 0.3 is 6.03 Å². The highest BCUT2D eigenvalue weighted by Crippen LogP contribution is 2.13. The minimum absolute atomic E-state index is 0.111. The van der Waals surface area contributed by atoms with Crippen LogP contribution in [0, 0.1) is 0 Å². The van der Waals surface area contributed by atoms with Crippen molar-refractivity contribution in [1.29, 1.82) is 0 Å². The summed E-state index contributed by atoms with van der Waals surface area (Å²) < 4.78 is 3.50. The number of benzene rings is 1. The summed E-state index contributed by atoms with van der Waals surface area (Å²) in [4.78, 5) is 12.1. The summed E-state index contributed by atoms with van der Waals surface area (Å²) in [5.74, 6) is 0. The van der Waals surface area contributed by atoms with E-state index in [-0.39, 0.29) is 12.1 Å². The molecule has 0 aliphatic rings. The second-order valence-corrected chi connectivity index (χ2v) is 5.58. The van der Waals surface area contributed by atoms with Crippen LogP contribution >= 0.6 is 0 Å². The number of nitrogens with zero attached hydrogens (tertiary/aromatic N) is 4. The molecule has 0 aliphatic heterocycles. The molecule has 0 fully saturated rings. The lowest BCUT2D eigenvalue weighted by Crippen LogP contribution is -2.36. The lowest BCUT2D eigenvalue weighted by Gasteiger charge is -2.14. The number of hydrogen-bond acceptors (Lipinski definition) is 3. The number of hydrogen-bond donors (Lipinski definition) is 2. The normalized spacial score (nSPS) is 11.9. The predicted molar refractivity (Wildman–Crippen MR) is 90.6 cm³/mol. The molecule has 2 amide bonds. The molecule has 0 radical (unpaired) electrons. The van der Waals surface area contributed by atoms with Crippen LogP contribution < -0.4 is 10.6 Å². The lowest BCUT2D eigenvalue weighted by atomic mass is 10.2. The summed E-state index contributed by atoms with van der Waals surface area (Å²) in [7, 11) is 1.85. The maximum Gasteiger partial charge on any atom is 0.315 e. The first-order valence-corrected chi connectivity index (χ1v) is 7.74. The van der Waals surface area contributed by atoms with Crippen LogP contribution in [0.25, 0.3) is 5.69 Å². The zero-order valence-electron chi connectivity index (χ0n) is 13.7. The van der Waals surface area contributed by atoms with Gasteiger partial charge in [-0.3, -0.25) is 4.68 Å². The van der Waals surface area contributed by atoms with E-state index >= 15 is 0 Å². The average Bonchev–Trinajstić information content (AvgIpc) is 3.24. The molecule has 124 valence electrons. The van der Waals surface area contributed by atoms with Gasteiger partial charge in [0.05, 0.1) is 17.9 Å². The summed E-state index contributed by atoms with van der Waals surface area (Å²) in [5, 5.41) is 14.2. The third-order valence-electron chi connectivity index (χ3n) is 3.75. The Morgan fingerprint density at radius 2 is 2.08 bits per heavy atom. The Hall–Kier alpha value is -3.09. The van der Waals surface area contributed by atoms with Crippen molar-refractivity contribution < 1.29 is 4.79 Å². The van der Waals surface area contributed by atoms with Gasteiger partial charge in [-0.15, -0.1) is 0 Å². The highest BCUT2D eigenvalue weighted by atomic mass is 16.2. The first-order chi connectivity index (χ1) is 11.6. The Bertz CT molecular complexity index is 808. The van der Waals surface area contributed by atoms with Gasteiger partial charge in [0.2, 0.25) is 0 Å². The van der Waals surface area contributed by atoms with Crippen LogP contribution in [0.1, 0.15) is 24.1 Å². The van der Waals surface area contributed by atoms with Gasteiger partial charge < -0.3 is 10.6 Å². The number of amides is 2. The minimum atomic E-state index is -0.221. The van der Waals surface area contributed by atoms with Crippen LogP contribution in [-0.2, 0) is 13.6 Å². The Morgan fingerprint density at radius 1 is 1.25 bits per heavy atom. The largest absolute Gasteiger partial charge is 0.334 e. The van der Waals surface area contributed by atoms with Crippen molar-refractivity contribution in [3.8, 4) is 5.69 Å². The molecule has 3 aromatic rings. The van der Waals surface area contributed by atoms with Gasteiger partial charge in [-0.2, -0.15) is 10.2 Å². The van der Waals surface area contributed by atoms with Crippen LogP contribution in [0.5, 0.6) is 0 Å². The molecular weight excluding hydrogens is 304 g/mol. The fourth-order valence-corrected chi connectivity index (χ4v) is 2.47. The molecule has 7 nitrogen and oxygen atoms in total. The van der Waals surface area contributed by atoms with Gasteiger partial charge in [-0.1, -0.05) is 18.2 Å². The Labute approximate surface area is 140 Å². The molecular formula is C17H20N6O. The number of rotatable bonds is 5. The third kappa shape index (κ3) is 3.62. The van der Waals surface area contributed by atoms with Gasteiger partial charge in [0.15, 0.2) is 0 Å².